The molecule has 0 radical (unpaired) electrons. The van der Waals surface area contributed by atoms with Crippen LogP contribution in [0.15, 0.2) is 0 Å². The Morgan fingerprint density at radius 1 is 1.36 bits per heavy atom. The van der Waals surface area contributed by atoms with Crippen molar-refractivity contribution in [3.8, 4) is 0 Å². The first-order valence-electron chi connectivity index (χ1n) is 6.08. The topological polar surface area (TPSA) is 32.3 Å². The third-order valence-corrected chi connectivity index (χ3v) is 3.86. The highest BCUT2D eigenvalue weighted by atomic mass is 16.3. The van der Waals surface area contributed by atoms with Gasteiger partial charge in [0.15, 0.2) is 0 Å². The third kappa shape index (κ3) is 2.71. The van der Waals surface area contributed by atoms with Gasteiger partial charge in [-0.1, -0.05) is 20.3 Å². The minimum absolute atomic E-state index is 0.241. The highest BCUT2D eigenvalue weighted by Crippen LogP contribution is 2.35. The van der Waals surface area contributed by atoms with E-state index in [0.717, 1.165) is 25.3 Å². The van der Waals surface area contributed by atoms with E-state index in [-0.39, 0.29) is 6.04 Å². The summed E-state index contributed by atoms with van der Waals surface area (Å²) in [6.45, 7) is 7.40. The van der Waals surface area contributed by atoms with Crippen molar-refractivity contribution in [3.05, 3.63) is 0 Å². The summed E-state index contributed by atoms with van der Waals surface area (Å²) < 4.78 is 0. The average molecular weight is 199 g/mol. The SMILES string of the molecule is CCNC(C)C1(O)CCC(CC)CC1. The van der Waals surface area contributed by atoms with E-state index in [1.807, 2.05) is 0 Å². The molecule has 2 N–H and O–H groups in total. The molecule has 0 saturated heterocycles. The molecule has 0 aromatic rings. The smallest absolute Gasteiger partial charge is 0.0797 e. The lowest BCUT2D eigenvalue weighted by Crippen LogP contribution is -2.50. The van der Waals surface area contributed by atoms with Crippen LogP contribution in [0.1, 0.15) is 52.9 Å². The van der Waals surface area contributed by atoms with Gasteiger partial charge in [-0.25, -0.2) is 0 Å². The molecular weight excluding hydrogens is 174 g/mol. The zero-order chi connectivity index (χ0) is 10.6. The van der Waals surface area contributed by atoms with Gasteiger partial charge in [0, 0.05) is 6.04 Å². The molecule has 1 atom stereocenters. The lowest BCUT2D eigenvalue weighted by Gasteiger charge is -2.40. The lowest BCUT2D eigenvalue weighted by atomic mass is 9.74. The van der Waals surface area contributed by atoms with Crippen LogP contribution < -0.4 is 5.32 Å². The van der Waals surface area contributed by atoms with Crippen molar-refractivity contribution in [1.82, 2.24) is 5.32 Å². The Morgan fingerprint density at radius 3 is 2.36 bits per heavy atom. The van der Waals surface area contributed by atoms with Gasteiger partial charge in [0.2, 0.25) is 0 Å². The molecule has 0 aromatic heterocycles. The van der Waals surface area contributed by atoms with Crippen LogP contribution in [-0.2, 0) is 0 Å². The minimum Gasteiger partial charge on any atom is -0.388 e. The second kappa shape index (κ2) is 5.13. The van der Waals surface area contributed by atoms with Gasteiger partial charge in [-0.05, 0) is 45.1 Å². The van der Waals surface area contributed by atoms with Crippen molar-refractivity contribution in [2.45, 2.75) is 64.5 Å². The van der Waals surface area contributed by atoms with Gasteiger partial charge in [0.05, 0.1) is 5.60 Å². The van der Waals surface area contributed by atoms with Gasteiger partial charge in [-0.15, -0.1) is 0 Å². The zero-order valence-electron chi connectivity index (χ0n) is 9.84. The van der Waals surface area contributed by atoms with Crippen LogP contribution in [0.3, 0.4) is 0 Å². The monoisotopic (exact) mass is 199 g/mol. The average Bonchev–Trinajstić information content (AvgIpc) is 2.19. The van der Waals surface area contributed by atoms with Gasteiger partial charge < -0.3 is 10.4 Å². The number of hydrogen-bond donors (Lipinski definition) is 2. The number of aliphatic hydroxyl groups is 1. The summed E-state index contributed by atoms with van der Waals surface area (Å²) >= 11 is 0. The summed E-state index contributed by atoms with van der Waals surface area (Å²) in [6.07, 6.45) is 5.61. The Labute approximate surface area is 88.1 Å². The summed E-state index contributed by atoms with van der Waals surface area (Å²) in [5, 5.41) is 13.8. The Bertz CT molecular complexity index is 162. The summed E-state index contributed by atoms with van der Waals surface area (Å²) in [5.74, 6) is 0.851. The largest absolute Gasteiger partial charge is 0.388 e. The highest BCUT2D eigenvalue weighted by Gasteiger charge is 2.36. The fourth-order valence-electron chi connectivity index (χ4n) is 2.51. The first kappa shape index (κ1) is 12.0. The van der Waals surface area contributed by atoms with Crippen LogP contribution >= 0.6 is 0 Å². The quantitative estimate of drug-likeness (QED) is 0.728. The van der Waals surface area contributed by atoms with E-state index in [0.29, 0.717) is 0 Å². The van der Waals surface area contributed by atoms with Gasteiger partial charge in [-0.3, -0.25) is 0 Å². The van der Waals surface area contributed by atoms with Crippen molar-refractivity contribution in [3.63, 3.8) is 0 Å². The zero-order valence-corrected chi connectivity index (χ0v) is 9.84. The van der Waals surface area contributed by atoms with Crippen molar-refractivity contribution in [1.29, 1.82) is 0 Å². The summed E-state index contributed by atoms with van der Waals surface area (Å²) in [6, 6.07) is 0.241. The summed E-state index contributed by atoms with van der Waals surface area (Å²) in [7, 11) is 0. The Balaban J connectivity index is 2.43. The molecule has 1 aliphatic carbocycles. The van der Waals surface area contributed by atoms with Gasteiger partial charge in [0.1, 0.15) is 0 Å². The van der Waals surface area contributed by atoms with Crippen LogP contribution in [0, 0.1) is 5.92 Å². The van der Waals surface area contributed by atoms with Crippen molar-refractivity contribution in [2.75, 3.05) is 6.54 Å². The molecule has 1 rings (SSSR count). The Morgan fingerprint density at radius 2 is 1.93 bits per heavy atom. The normalized spacial score (nSPS) is 35.6. The van der Waals surface area contributed by atoms with Gasteiger partial charge >= 0.3 is 0 Å². The molecule has 0 aromatic carbocycles. The number of rotatable bonds is 4. The standard InChI is InChI=1S/C12H25NO/c1-4-11-6-8-12(14,9-7-11)10(3)13-5-2/h10-11,13-14H,4-9H2,1-3H3. The first-order valence-corrected chi connectivity index (χ1v) is 6.08. The van der Waals surface area contributed by atoms with E-state index in [1.165, 1.54) is 19.3 Å². The van der Waals surface area contributed by atoms with Crippen LogP contribution in [-0.4, -0.2) is 23.3 Å². The fraction of sp³-hybridized carbons (Fsp3) is 1.00. The van der Waals surface area contributed by atoms with Crippen LogP contribution in [0.5, 0.6) is 0 Å². The van der Waals surface area contributed by atoms with Crippen LogP contribution in [0.4, 0.5) is 0 Å². The van der Waals surface area contributed by atoms with E-state index in [2.05, 4.69) is 26.1 Å². The molecule has 1 fully saturated rings. The van der Waals surface area contributed by atoms with E-state index in [1.54, 1.807) is 0 Å². The van der Waals surface area contributed by atoms with E-state index >= 15 is 0 Å². The molecule has 1 aliphatic rings. The van der Waals surface area contributed by atoms with Crippen molar-refractivity contribution < 1.29 is 5.11 Å². The third-order valence-electron chi connectivity index (χ3n) is 3.86. The maximum atomic E-state index is 10.4. The van der Waals surface area contributed by atoms with E-state index in [9.17, 15) is 5.11 Å². The molecule has 0 bridgehead atoms. The summed E-state index contributed by atoms with van der Waals surface area (Å²) in [4.78, 5) is 0. The van der Waals surface area contributed by atoms with Gasteiger partial charge in [-0.2, -0.15) is 0 Å². The first-order chi connectivity index (χ1) is 6.62. The number of hydrogen-bond acceptors (Lipinski definition) is 2. The maximum Gasteiger partial charge on any atom is 0.0797 e. The fourth-order valence-corrected chi connectivity index (χ4v) is 2.51. The predicted octanol–water partition coefficient (Wildman–Crippen LogP) is 2.32. The Kier molecular flexibility index (Phi) is 4.39. The number of nitrogens with one attached hydrogen (secondary N) is 1. The highest BCUT2D eigenvalue weighted by molar-refractivity contribution is 4.92. The number of likely N-dealkylation sites (N-methyl/N-ethyl adjacent to an activating group) is 1. The second-order valence-corrected chi connectivity index (χ2v) is 4.73. The predicted molar refractivity (Wildman–Crippen MR) is 60.3 cm³/mol. The molecule has 14 heavy (non-hydrogen) atoms. The molecule has 0 heterocycles. The lowest BCUT2D eigenvalue weighted by molar-refractivity contribution is -0.0362. The van der Waals surface area contributed by atoms with E-state index < -0.39 is 5.60 Å². The molecule has 2 heteroatoms. The van der Waals surface area contributed by atoms with Crippen LogP contribution in [0.25, 0.3) is 0 Å². The summed E-state index contributed by atoms with van der Waals surface area (Å²) in [5.41, 5.74) is -0.443. The van der Waals surface area contributed by atoms with E-state index in [4.69, 9.17) is 0 Å². The molecular formula is C12H25NO. The van der Waals surface area contributed by atoms with Gasteiger partial charge in [0.25, 0.3) is 0 Å². The molecule has 84 valence electrons. The molecule has 1 saturated carbocycles. The Hall–Kier alpha value is -0.0800. The molecule has 0 aliphatic heterocycles. The van der Waals surface area contributed by atoms with Crippen molar-refractivity contribution in [2.24, 2.45) is 5.92 Å². The molecule has 0 amide bonds. The molecule has 2 nitrogen and oxygen atoms in total. The van der Waals surface area contributed by atoms with Crippen LogP contribution in [0.2, 0.25) is 0 Å². The molecule has 0 spiro atoms. The minimum atomic E-state index is -0.443. The van der Waals surface area contributed by atoms with Crippen molar-refractivity contribution >= 4 is 0 Å². The second-order valence-electron chi connectivity index (χ2n) is 4.73. The maximum absolute atomic E-state index is 10.4. The molecule has 1 unspecified atom stereocenters.